The largest absolute Gasteiger partial charge is 0.481 e. The topological polar surface area (TPSA) is 115 Å². The summed E-state index contributed by atoms with van der Waals surface area (Å²) in [5.74, 6) is -8.96. The molecule has 0 bridgehead atoms. The molecular weight excluding hydrogens is 532 g/mol. The van der Waals surface area contributed by atoms with Crippen LogP contribution in [0.15, 0.2) is 46.6 Å². The number of carboxylic acids is 2. The Hall–Kier alpha value is -3.16. The van der Waals surface area contributed by atoms with Crippen molar-refractivity contribution in [2.24, 2.45) is 23.7 Å². The van der Waals surface area contributed by atoms with Gasteiger partial charge in [0.2, 0.25) is 11.8 Å². The molecule has 0 unspecified atom stereocenters. The van der Waals surface area contributed by atoms with Crippen LogP contribution in [0.1, 0.15) is 93.9 Å². The summed E-state index contributed by atoms with van der Waals surface area (Å²) in [7, 11) is 0. The molecule has 0 aliphatic heterocycles. The van der Waals surface area contributed by atoms with Crippen molar-refractivity contribution in [3.63, 3.8) is 0 Å². The summed E-state index contributed by atoms with van der Waals surface area (Å²) in [5, 5.41) is 20.0. The summed E-state index contributed by atoms with van der Waals surface area (Å²) >= 11 is 0. The molecule has 2 N–H and O–H groups in total. The average Bonchev–Trinajstić information content (AvgIpc) is 2.87. The highest BCUT2D eigenvalue weighted by Gasteiger charge is 2.64. The molecule has 0 aromatic carbocycles. The number of carbonyl (C=O) groups excluding carboxylic acids is 2. The minimum atomic E-state index is -1.45. The van der Waals surface area contributed by atoms with Gasteiger partial charge in [-0.25, -0.2) is 0 Å². The van der Waals surface area contributed by atoms with Gasteiger partial charge in [-0.3, -0.25) is 19.2 Å². The molecule has 1 aliphatic rings. The quantitative estimate of drug-likeness (QED) is 0.177. The van der Waals surface area contributed by atoms with Crippen LogP contribution in [0, 0.1) is 23.7 Å². The lowest BCUT2D eigenvalue weighted by Gasteiger charge is -2.48. The molecule has 0 aromatic rings. The third-order valence-electron chi connectivity index (χ3n) is 7.80. The second-order valence-electron chi connectivity index (χ2n) is 12.1. The van der Waals surface area contributed by atoms with E-state index in [-0.39, 0.29) is 0 Å². The van der Waals surface area contributed by atoms with Gasteiger partial charge in [0.25, 0.3) is 0 Å². The fourth-order valence-electron chi connectivity index (χ4n) is 5.43. The standard InChI is InChI=1S/C34H54N2O6/c1-9-19-35(21-17-25(7)15-11-13-23(3)4)31(37)27-28(30(34(41)42)29(27)33(39)40)32(38)36(20-10-2)22-18-26(8)16-12-14-24(5)6/h13-14,17-18,27-30H,9-12,15-16,19-22H2,1-8H3,(H,39,40)(H,41,42)/b25-17+,26-18+/t27-,28-,29-,30-/m0/s1. The molecule has 42 heavy (non-hydrogen) atoms. The molecule has 0 spiro atoms. The number of hydrogen-bond donors (Lipinski definition) is 2. The van der Waals surface area contributed by atoms with Crippen LogP contribution in [0.2, 0.25) is 0 Å². The molecule has 8 heteroatoms. The average molecular weight is 587 g/mol. The summed E-state index contributed by atoms with van der Waals surface area (Å²) in [6, 6.07) is 0. The molecule has 4 atom stereocenters. The first-order valence-electron chi connectivity index (χ1n) is 15.4. The SMILES string of the molecule is CCCN(C/C=C(\C)CCC=C(C)C)C(=O)[C@@H]1[C@H](C(=O)O)[C@@H](C(=O)O)[C@H]1C(=O)N(C/C=C(\C)CCC=C(C)C)CCC. The van der Waals surface area contributed by atoms with Gasteiger partial charge in [-0.1, -0.05) is 60.4 Å². The van der Waals surface area contributed by atoms with Crippen molar-refractivity contribution < 1.29 is 29.4 Å². The Morgan fingerprint density at radius 3 is 1.17 bits per heavy atom. The highest BCUT2D eigenvalue weighted by atomic mass is 16.4. The van der Waals surface area contributed by atoms with Gasteiger partial charge in [0.15, 0.2) is 0 Å². The number of aliphatic carboxylic acids is 2. The first-order valence-corrected chi connectivity index (χ1v) is 15.4. The molecule has 0 radical (unpaired) electrons. The second-order valence-corrected chi connectivity index (χ2v) is 12.1. The maximum absolute atomic E-state index is 13.9. The summed E-state index contributed by atoms with van der Waals surface area (Å²) in [6.07, 6.45) is 13.0. The van der Waals surface area contributed by atoms with Crippen LogP contribution in [0.4, 0.5) is 0 Å². The Morgan fingerprint density at radius 2 is 0.905 bits per heavy atom. The van der Waals surface area contributed by atoms with Crippen LogP contribution in [-0.4, -0.2) is 69.9 Å². The van der Waals surface area contributed by atoms with Gasteiger partial charge in [-0.05, 0) is 80.1 Å². The van der Waals surface area contributed by atoms with E-state index in [9.17, 15) is 29.4 Å². The van der Waals surface area contributed by atoms with Crippen molar-refractivity contribution in [2.75, 3.05) is 26.2 Å². The molecule has 1 rings (SSSR count). The van der Waals surface area contributed by atoms with Crippen molar-refractivity contribution in [3.05, 3.63) is 46.6 Å². The predicted molar refractivity (Wildman–Crippen MR) is 168 cm³/mol. The molecule has 0 heterocycles. The zero-order valence-electron chi connectivity index (χ0n) is 27.1. The Labute approximate surface area is 253 Å². The summed E-state index contributed by atoms with van der Waals surface area (Å²) in [4.78, 5) is 55.5. The van der Waals surface area contributed by atoms with Crippen LogP contribution >= 0.6 is 0 Å². The molecule has 1 saturated carbocycles. The van der Waals surface area contributed by atoms with E-state index >= 15 is 0 Å². The van der Waals surface area contributed by atoms with Crippen LogP contribution < -0.4 is 0 Å². The van der Waals surface area contributed by atoms with E-state index in [1.165, 1.54) is 11.1 Å². The van der Waals surface area contributed by atoms with Gasteiger partial charge in [0.1, 0.15) is 0 Å². The van der Waals surface area contributed by atoms with E-state index in [2.05, 4.69) is 12.2 Å². The van der Waals surface area contributed by atoms with Crippen LogP contribution in [0.3, 0.4) is 0 Å². The first-order chi connectivity index (χ1) is 19.8. The fraction of sp³-hybridized carbons (Fsp3) is 0.647. The van der Waals surface area contributed by atoms with Gasteiger partial charge in [-0.2, -0.15) is 0 Å². The van der Waals surface area contributed by atoms with Crippen molar-refractivity contribution in [1.29, 1.82) is 0 Å². The monoisotopic (exact) mass is 586 g/mol. The van der Waals surface area contributed by atoms with E-state index in [1.54, 1.807) is 9.80 Å². The van der Waals surface area contributed by atoms with Crippen LogP contribution in [0.5, 0.6) is 0 Å². The Balaban J connectivity index is 3.30. The lowest BCUT2D eigenvalue weighted by atomic mass is 9.55. The van der Waals surface area contributed by atoms with Crippen LogP contribution in [0.25, 0.3) is 0 Å². The number of rotatable bonds is 18. The van der Waals surface area contributed by atoms with Gasteiger partial charge in [0.05, 0.1) is 23.7 Å². The van der Waals surface area contributed by atoms with Crippen LogP contribution in [-0.2, 0) is 19.2 Å². The number of amides is 2. The molecule has 2 amide bonds. The lowest BCUT2D eigenvalue weighted by molar-refractivity contribution is -0.187. The first kappa shape index (κ1) is 36.9. The van der Waals surface area contributed by atoms with E-state index in [4.69, 9.17) is 0 Å². The zero-order chi connectivity index (χ0) is 32.0. The van der Waals surface area contributed by atoms with Crippen molar-refractivity contribution >= 4 is 23.8 Å². The number of allylic oxidation sites excluding steroid dienone is 6. The molecule has 1 fully saturated rings. The summed E-state index contributed by atoms with van der Waals surface area (Å²) in [5.41, 5.74) is 4.71. The Kier molecular flexibility index (Phi) is 16.1. The predicted octanol–water partition coefficient (Wildman–Crippen LogP) is 6.50. The minimum Gasteiger partial charge on any atom is -0.481 e. The van der Waals surface area contributed by atoms with Gasteiger partial charge < -0.3 is 20.0 Å². The molecular formula is C34H54N2O6. The van der Waals surface area contributed by atoms with E-state index in [0.29, 0.717) is 39.0 Å². The normalized spacial score (nSPS) is 20.3. The lowest BCUT2D eigenvalue weighted by Crippen LogP contribution is -2.64. The molecule has 236 valence electrons. The summed E-state index contributed by atoms with van der Waals surface area (Å²) in [6.45, 7) is 17.4. The maximum atomic E-state index is 13.9. The van der Waals surface area contributed by atoms with Crippen molar-refractivity contribution in [2.45, 2.75) is 93.9 Å². The summed E-state index contributed by atoms with van der Waals surface area (Å²) < 4.78 is 0. The smallest absolute Gasteiger partial charge is 0.308 e. The second kappa shape index (κ2) is 18.4. The fourth-order valence-corrected chi connectivity index (χ4v) is 5.43. The van der Waals surface area contributed by atoms with Gasteiger partial charge >= 0.3 is 11.9 Å². The molecule has 8 nitrogen and oxygen atoms in total. The Bertz CT molecular complexity index is 978. The number of hydrogen-bond acceptors (Lipinski definition) is 4. The van der Waals surface area contributed by atoms with Crippen molar-refractivity contribution in [1.82, 2.24) is 9.80 Å². The van der Waals surface area contributed by atoms with Crippen molar-refractivity contribution in [3.8, 4) is 0 Å². The van der Waals surface area contributed by atoms with E-state index in [1.807, 2.05) is 67.5 Å². The maximum Gasteiger partial charge on any atom is 0.308 e. The van der Waals surface area contributed by atoms with Gasteiger partial charge in [-0.15, -0.1) is 0 Å². The molecule has 0 aromatic heterocycles. The number of carboxylic acid groups (broad SMARTS) is 2. The molecule has 0 saturated heterocycles. The minimum absolute atomic E-state index is 0.293. The number of carbonyl (C=O) groups is 4. The van der Waals surface area contributed by atoms with Gasteiger partial charge in [0, 0.05) is 26.2 Å². The van der Waals surface area contributed by atoms with E-state index in [0.717, 1.165) is 36.8 Å². The third kappa shape index (κ3) is 11.3. The molecule has 1 aliphatic carbocycles. The highest BCUT2D eigenvalue weighted by molar-refractivity contribution is 5.99. The number of nitrogens with zero attached hydrogens (tertiary/aromatic N) is 2. The third-order valence-corrected chi connectivity index (χ3v) is 7.80. The van der Waals surface area contributed by atoms with E-state index < -0.39 is 47.4 Å². The Morgan fingerprint density at radius 1 is 0.571 bits per heavy atom. The zero-order valence-corrected chi connectivity index (χ0v) is 27.1. The highest BCUT2D eigenvalue weighted by Crippen LogP contribution is 2.48.